The number of aliphatic hydroxyl groups is 1. The maximum absolute atomic E-state index is 13.2. The minimum atomic E-state index is -0.900. The molecule has 1 saturated heterocycles. The highest BCUT2D eigenvalue weighted by Gasteiger charge is 2.48. The Morgan fingerprint density at radius 3 is 2.29 bits per heavy atom. The van der Waals surface area contributed by atoms with Gasteiger partial charge in [0.1, 0.15) is 11.5 Å². The lowest BCUT2D eigenvalue weighted by Gasteiger charge is -2.24. The largest absolute Gasteiger partial charge is 0.507 e. The Bertz CT molecular complexity index is 1240. The first-order valence-corrected chi connectivity index (χ1v) is 12.2. The fourth-order valence-corrected chi connectivity index (χ4v) is 4.62. The molecule has 3 aromatic rings. The van der Waals surface area contributed by atoms with Gasteiger partial charge in [-0.3, -0.25) is 14.5 Å². The molecule has 0 radical (unpaired) electrons. The SMILES string of the molecule is CCOc1ccc(/C(O)=C2\C(=O)C(=O)N(c3nccs3)C2c2ccc(OCC)c(OCC)c2)cc1. The van der Waals surface area contributed by atoms with Gasteiger partial charge >= 0.3 is 5.91 Å². The number of rotatable bonds is 9. The van der Waals surface area contributed by atoms with E-state index in [0.717, 1.165) is 0 Å². The van der Waals surface area contributed by atoms with Gasteiger partial charge in [0, 0.05) is 17.1 Å². The van der Waals surface area contributed by atoms with Crippen LogP contribution < -0.4 is 19.1 Å². The van der Waals surface area contributed by atoms with Crippen molar-refractivity contribution < 1.29 is 28.9 Å². The van der Waals surface area contributed by atoms with Crippen LogP contribution >= 0.6 is 11.3 Å². The topological polar surface area (TPSA) is 98.2 Å². The van der Waals surface area contributed by atoms with Gasteiger partial charge in [-0.05, 0) is 62.7 Å². The van der Waals surface area contributed by atoms with Crippen LogP contribution in [0.1, 0.15) is 37.9 Å². The van der Waals surface area contributed by atoms with Crippen molar-refractivity contribution in [2.75, 3.05) is 24.7 Å². The van der Waals surface area contributed by atoms with Crippen molar-refractivity contribution in [1.29, 1.82) is 0 Å². The lowest BCUT2D eigenvalue weighted by Crippen LogP contribution is -2.29. The smallest absolute Gasteiger partial charge is 0.301 e. The molecule has 0 spiro atoms. The molecule has 4 rings (SSSR count). The predicted molar refractivity (Wildman–Crippen MR) is 133 cm³/mol. The summed E-state index contributed by atoms with van der Waals surface area (Å²) in [5.41, 5.74) is 0.950. The lowest BCUT2D eigenvalue weighted by atomic mass is 9.95. The number of thiazole rings is 1. The van der Waals surface area contributed by atoms with Crippen LogP contribution in [-0.4, -0.2) is 41.6 Å². The van der Waals surface area contributed by atoms with E-state index in [1.165, 1.54) is 16.2 Å². The molecule has 1 N–H and O–H groups in total. The molecule has 1 aromatic heterocycles. The van der Waals surface area contributed by atoms with Crippen LogP contribution in [0.15, 0.2) is 59.6 Å². The van der Waals surface area contributed by atoms with Crippen molar-refractivity contribution in [1.82, 2.24) is 4.98 Å². The molecule has 1 atom stereocenters. The van der Waals surface area contributed by atoms with Gasteiger partial charge in [-0.15, -0.1) is 11.3 Å². The van der Waals surface area contributed by atoms with Crippen LogP contribution in [0, 0.1) is 0 Å². The van der Waals surface area contributed by atoms with E-state index >= 15 is 0 Å². The standard InChI is InChI=1S/C26H26N2O6S/c1-4-32-18-10-7-16(8-11-18)23(29)21-22(28(25(31)24(21)30)26-27-13-14-35-26)17-9-12-19(33-5-2)20(15-17)34-6-3/h7-15,22,29H,4-6H2,1-3H3/b23-21+. The number of carbonyl (C=O) groups excluding carboxylic acids is 2. The van der Waals surface area contributed by atoms with Gasteiger partial charge in [0.25, 0.3) is 5.78 Å². The molecule has 1 aliphatic rings. The van der Waals surface area contributed by atoms with E-state index < -0.39 is 17.7 Å². The van der Waals surface area contributed by atoms with Gasteiger partial charge < -0.3 is 19.3 Å². The first-order chi connectivity index (χ1) is 17.0. The Kier molecular flexibility index (Phi) is 7.36. The number of Topliss-reactive ketones (excluding diaryl/α,β-unsaturated/α-hetero) is 1. The number of anilines is 1. The molecule has 9 heteroatoms. The van der Waals surface area contributed by atoms with Gasteiger partial charge in [-0.2, -0.15) is 0 Å². The second-order valence-corrected chi connectivity index (χ2v) is 8.39. The number of ether oxygens (including phenoxy) is 3. The summed E-state index contributed by atoms with van der Waals surface area (Å²) in [6.07, 6.45) is 1.56. The van der Waals surface area contributed by atoms with E-state index in [0.29, 0.717) is 53.3 Å². The average Bonchev–Trinajstić information content (AvgIpc) is 3.47. The van der Waals surface area contributed by atoms with Crippen molar-refractivity contribution >= 4 is 33.9 Å². The second-order valence-electron chi connectivity index (χ2n) is 7.51. The predicted octanol–water partition coefficient (Wildman–Crippen LogP) is 4.97. The Morgan fingerprint density at radius 2 is 1.66 bits per heavy atom. The minimum absolute atomic E-state index is 0.0269. The maximum atomic E-state index is 13.2. The summed E-state index contributed by atoms with van der Waals surface area (Å²) in [5.74, 6) is -0.153. The number of aromatic nitrogens is 1. The van der Waals surface area contributed by atoms with Crippen molar-refractivity contribution in [2.24, 2.45) is 0 Å². The highest BCUT2D eigenvalue weighted by Crippen LogP contribution is 2.44. The van der Waals surface area contributed by atoms with Crippen molar-refractivity contribution in [2.45, 2.75) is 26.8 Å². The quantitative estimate of drug-likeness (QED) is 0.255. The molecule has 0 saturated carbocycles. The first kappa shape index (κ1) is 24.3. The van der Waals surface area contributed by atoms with Crippen molar-refractivity contribution in [3.8, 4) is 17.2 Å². The molecular weight excluding hydrogens is 468 g/mol. The van der Waals surface area contributed by atoms with E-state index in [1.807, 2.05) is 20.8 Å². The summed E-state index contributed by atoms with van der Waals surface area (Å²) in [4.78, 5) is 32.0. The monoisotopic (exact) mass is 494 g/mol. The summed E-state index contributed by atoms with van der Waals surface area (Å²) >= 11 is 1.23. The normalized spacial score (nSPS) is 17.0. The second kappa shape index (κ2) is 10.6. The highest BCUT2D eigenvalue weighted by molar-refractivity contribution is 7.14. The molecule has 1 aliphatic heterocycles. The number of nitrogens with zero attached hydrogens (tertiary/aromatic N) is 2. The number of hydrogen-bond acceptors (Lipinski definition) is 8. The van der Waals surface area contributed by atoms with Crippen molar-refractivity contribution in [3.63, 3.8) is 0 Å². The van der Waals surface area contributed by atoms with Gasteiger partial charge in [0.15, 0.2) is 16.6 Å². The molecule has 0 aliphatic carbocycles. The zero-order valence-electron chi connectivity index (χ0n) is 19.7. The van der Waals surface area contributed by atoms with Crippen LogP contribution in [0.2, 0.25) is 0 Å². The number of carbonyl (C=O) groups is 2. The van der Waals surface area contributed by atoms with Gasteiger partial charge in [0.2, 0.25) is 0 Å². The van der Waals surface area contributed by atoms with Crippen LogP contribution in [0.3, 0.4) is 0 Å². The zero-order valence-corrected chi connectivity index (χ0v) is 20.5. The maximum Gasteiger partial charge on any atom is 0.301 e. The molecule has 0 bridgehead atoms. The molecule has 8 nitrogen and oxygen atoms in total. The third-order valence-electron chi connectivity index (χ3n) is 5.39. The van der Waals surface area contributed by atoms with Crippen molar-refractivity contribution in [3.05, 3.63) is 70.7 Å². The number of hydrogen-bond donors (Lipinski definition) is 1. The number of amides is 1. The van der Waals surface area contributed by atoms with E-state index in [-0.39, 0.29) is 11.3 Å². The Labute approximate surface area is 207 Å². The molecule has 182 valence electrons. The van der Waals surface area contributed by atoms with Gasteiger partial charge in [-0.25, -0.2) is 4.98 Å². The summed E-state index contributed by atoms with van der Waals surface area (Å²) in [5, 5.41) is 13.3. The molecule has 1 amide bonds. The highest BCUT2D eigenvalue weighted by atomic mass is 32.1. The first-order valence-electron chi connectivity index (χ1n) is 11.3. The summed E-state index contributed by atoms with van der Waals surface area (Å²) in [6.45, 7) is 6.97. The number of aliphatic hydroxyl groups excluding tert-OH is 1. The van der Waals surface area contributed by atoms with Gasteiger partial charge in [-0.1, -0.05) is 6.07 Å². The molecule has 2 heterocycles. The average molecular weight is 495 g/mol. The Balaban J connectivity index is 1.88. The summed E-state index contributed by atoms with van der Waals surface area (Å²) in [7, 11) is 0. The minimum Gasteiger partial charge on any atom is -0.507 e. The van der Waals surface area contributed by atoms with Crippen LogP contribution in [0.4, 0.5) is 5.13 Å². The molecule has 1 fully saturated rings. The molecule has 1 unspecified atom stereocenters. The Morgan fingerprint density at radius 1 is 0.971 bits per heavy atom. The zero-order chi connectivity index (χ0) is 24.9. The molecule has 35 heavy (non-hydrogen) atoms. The lowest BCUT2D eigenvalue weighted by molar-refractivity contribution is -0.132. The van der Waals surface area contributed by atoms with E-state index in [2.05, 4.69) is 4.98 Å². The molecular formula is C26H26N2O6S. The Hall–Kier alpha value is -3.85. The third-order valence-corrected chi connectivity index (χ3v) is 6.16. The van der Waals surface area contributed by atoms with Crippen LogP contribution in [0.5, 0.6) is 17.2 Å². The molecule has 2 aromatic carbocycles. The van der Waals surface area contributed by atoms with Crippen LogP contribution in [0.25, 0.3) is 5.76 Å². The third kappa shape index (κ3) is 4.72. The van der Waals surface area contributed by atoms with E-state index in [1.54, 1.807) is 54.0 Å². The number of benzene rings is 2. The fraction of sp³-hybridized carbons (Fsp3) is 0.269. The van der Waals surface area contributed by atoms with Crippen LogP contribution in [-0.2, 0) is 9.59 Å². The number of ketones is 1. The summed E-state index contributed by atoms with van der Waals surface area (Å²) in [6, 6.07) is 11.0. The van der Waals surface area contributed by atoms with Gasteiger partial charge in [0.05, 0.1) is 31.4 Å². The fourth-order valence-electron chi connectivity index (χ4n) is 3.95. The summed E-state index contributed by atoms with van der Waals surface area (Å²) < 4.78 is 16.9. The van der Waals surface area contributed by atoms with E-state index in [9.17, 15) is 14.7 Å². The van der Waals surface area contributed by atoms with E-state index in [4.69, 9.17) is 14.2 Å².